The minimum atomic E-state index is -0.0445. The highest BCUT2D eigenvalue weighted by atomic mass is 14.8. The molecule has 2 nitrogen and oxygen atoms in total. The highest BCUT2D eigenvalue weighted by Crippen LogP contribution is 2.50. The van der Waals surface area contributed by atoms with Gasteiger partial charge in [-0.2, -0.15) is 0 Å². The average molecular weight is 555 g/mol. The molecule has 0 N–H and O–H groups in total. The van der Waals surface area contributed by atoms with Gasteiger partial charge in [0.05, 0.1) is 22.8 Å². The smallest absolute Gasteiger partial charge is 0.0923 e. The number of fused-ring (bicyclic) bond motifs is 6. The summed E-state index contributed by atoms with van der Waals surface area (Å²) in [6.07, 6.45) is 0. The van der Waals surface area contributed by atoms with E-state index in [4.69, 9.17) is 9.97 Å². The lowest BCUT2D eigenvalue weighted by Crippen LogP contribution is -2.15. The van der Waals surface area contributed by atoms with Crippen molar-refractivity contribution < 1.29 is 0 Å². The molecule has 2 aromatic heterocycles. The number of pyridine rings is 2. The Bertz CT molecular complexity index is 2100. The molecule has 8 rings (SSSR count). The molecule has 4 aromatic carbocycles. The molecule has 0 radical (unpaired) electrons. The number of aryl methyl sites for hydroxylation is 1. The molecule has 0 spiro atoms. The first-order valence-electron chi connectivity index (χ1n) is 15.2. The Morgan fingerprint density at radius 2 is 0.907 bits per heavy atom. The lowest BCUT2D eigenvalue weighted by Gasteiger charge is -2.22. The van der Waals surface area contributed by atoms with Crippen LogP contribution < -0.4 is 0 Å². The zero-order valence-electron chi connectivity index (χ0n) is 25.4. The van der Waals surface area contributed by atoms with Gasteiger partial charge in [-0.3, -0.25) is 0 Å². The van der Waals surface area contributed by atoms with Crippen molar-refractivity contribution in [2.75, 3.05) is 0 Å². The number of nitrogens with zero attached hydrogens (tertiary/aromatic N) is 2. The summed E-state index contributed by atoms with van der Waals surface area (Å²) in [6, 6.07) is 41.8. The topological polar surface area (TPSA) is 25.8 Å². The number of hydrogen-bond donors (Lipinski definition) is 0. The van der Waals surface area contributed by atoms with Gasteiger partial charge in [0.1, 0.15) is 0 Å². The first-order valence-corrected chi connectivity index (χ1v) is 15.2. The minimum absolute atomic E-state index is 0.0438. The van der Waals surface area contributed by atoms with E-state index >= 15 is 0 Å². The van der Waals surface area contributed by atoms with Gasteiger partial charge in [-0.1, -0.05) is 113 Å². The van der Waals surface area contributed by atoms with Crippen molar-refractivity contribution in [3.63, 3.8) is 0 Å². The monoisotopic (exact) mass is 554 g/mol. The van der Waals surface area contributed by atoms with Crippen LogP contribution in [0.1, 0.15) is 55.5 Å². The lowest BCUT2D eigenvalue weighted by molar-refractivity contribution is 0.660. The fourth-order valence-corrected chi connectivity index (χ4v) is 7.40. The van der Waals surface area contributed by atoms with Gasteiger partial charge >= 0.3 is 0 Å². The Hall–Kier alpha value is -4.82. The molecule has 0 amide bonds. The maximum Gasteiger partial charge on any atom is 0.0923 e. The molecule has 0 bridgehead atoms. The molecular weight excluding hydrogens is 520 g/mol. The van der Waals surface area contributed by atoms with Gasteiger partial charge < -0.3 is 0 Å². The second kappa shape index (κ2) is 9.09. The number of aromatic nitrogens is 2. The van der Waals surface area contributed by atoms with Crippen LogP contribution in [-0.2, 0) is 10.8 Å². The van der Waals surface area contributed by atoms with Gasteiger partial charge in [0.25, 0.3) is 0 Å². The molecule has 43 heavy (non-hydrogen) atoms. The molecule has 0 aliphatic heterocycles. The molecule has 0 unspecified atom stereocenters. The standard InChI is InChI=1S/C41H34N2/c1-25-17-22-37(27-19-21-31-29-12-7-9-14-33(29)41(4,5)35(31)24-27)43-39(25)38-16-10-15-36(42-38)26-18-20-30-28-11-6-8-13-32(28)40(2,3)34(30)23-26/h6-24H,1-5H3. The Morgan fingerprint density at radius 3 is 1.49 bits per heavy atom. The van der Waals surface area contributed by atoms with E-state index in [0.29, 0.717) is 0 Å². The molecule has 2 heterocycles. The first-order chi connectivity index (χ1) is 20.7. The van der Waals surface area contributed by atoms with Crippen LogP contribution in [0.2, 0.25) is 0 Å². The van der Waals surface area contributed by atoms with Crippen LogP contribution in [0.15, 0.2) is 115 Å². The van der Waals surface area contributed by atoms with Gasteiger partial charge in [-0.15, -0.1) is 0 Å². The van der Waals surface area contributed by atoms with Gasteiger partial charge in [0.2, 0.25) is 0 Å². The largest absolute Gasteiger partial charge is 0.246 e. The van der Waals surface area contributed by atoms with Crippen molar-refractivity contribution in [2.45, 2.75) is 45.4 Å². The summed E-state index contributed by atoms with van der Waals surface area (Å²) in [5, 5.41) is 0. The Morgan fingerprint density at radius 1 is 0.419 bits per heavy atom. The molecular formula is C41H34N2. The van der Waals surface area contributed by atoms with Gasteiger partial charge in [0, 0.05) is 22.0 Å². The quantitative estimate of drug-likeness (QED) is 0.217. The van der Waals surface area contributed by atoms with Crippen molar-refractivity contribution in [3.8, 4) is 56.2 Å². The van der Waals surface area contributed by atoms with E-state index in [1.54, 1.807) is 0 Å². The van der Waals surface area contributed by atoms with Gasteiger partial charge in [0.15, 0.2) is 0 Å². The summed E-state index contributed by atoms with van der Waals surface area (Å²) in [7, 11) is 0. The summed E-state index contributed by atoms with van der Waals surface area (Å²) < 4.78 is 0. The zero-order valence-corrected chi connectivity index (χ0v) is 25.4. The molecule has 0 fully saturated rings. The molecule has 0 saturated heterocycles. The summed E-state index contributed by atoms with van der Waals surface area (Å²) in [5.41, 5.74) is 17.9. The third-order valence-electron chi connectivity index (χ3n) is 9.85. The number of hydrogen-bond acceptors (Lipinski definition) is 2. The maximum atomic E-state index is 5.22. The average Bonchev–Trinajstić information content (AvgIpc) is 3.40. The Labute approximate surface area is 254 Å². The van der Waals surface area contributed by atoms with E-state index < -0.39 is 0 Å². The molecule has 6 aromatic rings. The predicted molar refractivity (Wildman–Crippen MR) is 178 cm³/mol. The first kappa shape index (κ1) is 25.9. The maximum absolute atomic E-state index is 5.22. The molecule has 2 heteroatoms. The zero-order chi connectivity index (χ0) is 29.5. The van der Waals surface area contributed by atoms with E-state index in [2.05, 4.69) is 150 Å². The van der Waals surface area contributed by atoms with Crippen LogP contribution in [0.5, 0.6) is 0 Å². The van der Waals surface area contributed by atoms with E-state index in [1.807, 2.05) is 0 Å². The molecule has 0 atom stereocenters. The van der Waals surface area contributed by atoms with Crippen LogP contribution in [0, 0.1) is 6.92 Å². The summed E-state index contributed by atoms with van der Waals surface area (Å²) >= 11 is 0. The Kier molecular flexibility index (Phi) is 5.46. The van der Waals surface area contributed by atoms with Crippen LogP contribution in [0.25, 0.3) is 56.2 Å². The van der Waals surface area contributed by atoms with E-state index in [0.717, 1.165) is 39.5 Å². The van der Waals surface area contributed by atoms with Crippen molar-refractivity contribution in [2.24, 2.45) is 0 Å². The van der Waals surface area contributed by atoms with E-state index in [1.165, 1.54) is 44.5 Å². The highest BCUT2D eigenvalue weighted by Gasteiger charge is 2.36. The summed E-state index contributed by atoms with van der Waals surface area (Å²) in [6.45, 7) is 11.4. The minimum Gasteiger partial charge on any atom is -0.246 e. The van der Waals surface area contributed by atoms with E-state index in [-0.39, 0.29) is 10.8 Å². The normalized spacial score (nSPS) is 15.0. The summed E-state index contributed by atoms with van der Waals surface area (Å²) in [5.74, 6) is 0. The van der Waals surface area contributed by atoms with Crippen molar-refractivity contribution in [1.29, 1.82) is 0 Å². The second-order valence-corrected chi connectivity index (χ2v) is 13.1. The second-order valence-electron chi connectivity index (χ2n) is 13.1. The molecule has 2 aliphatic rings. The Balaban J connectivity index is 1.18. The third kappa shape index (κ3) is 3.79. The number of rotatable bonds is 3. The van der Waals surface area contributed by atoms with Crippen LogP contribution in [-0.4, -0.2) is 9.97 Å². The lowest BCUT2D eigenvalue weighted by atomic mass is 9.82. The van der Waals surface area contributed by atoms with Crippen molar-refractivity contribution in [1.82, 2.24) is 9.97 Å². The van der Waals surface area contributed by atoms with Crippen LogP contribution in [0.4, 0.5) is 0 Å². The fourth-order valence-electron chi connectivity index (χ4n) is 7.40. The summed E-state index contributed by atoms with van der Waals surface area (Å²) in [4.78, 5) is 10.4. The highest BCUT2D eigenvalue weighted by molar-refractivity contribution is 5.85. The molecule has 0 saturated carbocycles. The third-order valence-corrected chi connectivity index (χ3v) is 9.85. The van der Waals surface area contributed by atoms with Crippen LogP contribution >= 0.6 is 0 Å². The molecule has 208 valence electrons. The predicted octanol–water partition coefficient (Wildman–Crippen LogP) is 10.4. The fraction of sp³-hybridized carbons (Fsp3) is 0.171. The SMILES string of the molecule is Cc1ccc(-c2ccc3c(c2)C(C)(C)c2ccccc2-3)nc1-c1cccc(-c2ccc3c(c2)C(C)(C)c2ccccc2-3)n1. The van der Waals surface area contributed by atoms with Crippen LogP contribution in [0.3, 0.4) is 0 Å². The van der Waals surface area contributed by atoms with Crippen molar-refractivity contribution >= 4 is 0 Å². The molecule has 2 aliphatic carbocycles. The van der Waals surface area contributed by atoms with Gasteiger partial charge in [-0.05, 0) is 87.3 Å². The van der Waals surface area contributed by atoms with Gasteiger partial charge in [-0.25, -0.2) is 9.97 Å². The van der Waals surface area contributed by atoms with Crippen molar-refractivity contribution in [3.05, 3.63) is 143 Å². The number of benzene rings is 4. The van der Waals surface area contributed by atoms with E-state index in [9.17, 15) is 0 Å².